The van der Waals surface area contributed by atoms with E-state index in [1.807, 2.05) is 6.92 Å². The monoisotopic (exact) mass is 184 g/mol. The summed E-state index contributed by atoms with van der Waals surface area (Å²) in [7, 11) is 0. The van der Waals surface area contributed by atoms with E-state index in [1.165, 1.54) is 5.57 Å². The Morgan fingerprint density at radius 2 is 2.15 bits per heavy atom. The molecule has 0 aliphatic heterocycles. The highest BCUT2D eigenvalue weighted by Gasteiger charge is 2.23. The van der Waals surface area contributed by atoms with Gasteiger partial charge in [-0.15, -0.1) is 0 Å². The molecule has 3 atom stereocenters. The van der Waals surface area contributed by atoms with E-state index in [1.54, 1.807) is 0 Å². The highest BCUT2D eigenvalue weighted by Crippen LogP contribution is 2.33. The number of aliphatic hydroxyl groups excluding tert-OH is 2. The molecule has 76 valence electrons. The average molecular weight is 184 g/mol. The van der Waals surface area contributed by atoms with Gasteiger partial charge in [0.1, 0.15) is 0 Å². The molecule has 0 aromatic heterocycles. The predicted octanol–water partition coefficient (Wildman–Crippen LogP) is 1.72. The van der Waals surface area contributed by atoms with Crippen molar-refractivity contribution >= 4 is 0 Å². The Morgan fingerprint density at radius 1 is 1.54 bits per heavy atom. The molecule has 0 fully saturated rings. The third-order valence-electron chi connectivity index (χ3n) is 2.93. The Bertz CT molecular complexity index is 187. The second-order valence-electron chi connectivity index (χ2n) is 4.05. The number of hydrogen-bond donors (Lipinski definition) is 2. The van der Waals surface area contributed by atoms with Crippen LogP contribution in [0, 0.1) is 11.8 Å². The summed E-state index contributed by atoms with van der Waals surface area (Å²) in [5, 5.41) is 18.6. The van der Waals surface area contributed by atoms with E-state index in [0.29, 0.717) is 5.92 Å². The van der Waals surface area contributed by atoms with Crippen LogP contribution in [0.25, 0.3) is 0 Å². The molecule has 0 saturated carbocycles. The van der Waals surface area contributed by atoms with E-state index in [-0.39, 0.29) is 18.6 Å². The molecule has 1 aliphatic rings. The maximum Gasteiger partial charge on any atom is 0.0593 e. The SMILES string of the molecule is CCC(CC(O)[C@H](C)CO)C1=CC1. The zero-order valence-corrected chi connectivity index (χ0v) is 8.53. The molecule has 13 heavy (non-hydrogen) atoms. The van der Waals surface area contributed by atoms with Gasteiger partial charge in [0.25, 0.3) is 0 Å². The van der Waals surface area contributed by atoms with Crippen LogP contribution in [0.1, 0.15) is 33.1 Å². The normalized spacial score (nSPS) is 22.0. The average Bonchev–Trinajstić information content (AvgIpc) is 2.95. The van der Waals surface area contributed by atoms with Gasteiger partial charge < -0.3 is 10.2 Å². The van der Waals surface area contributed by atoms with Crippen LogP contribution >= 0.6 is 0 Å². The molecule has 2 N–H and O–H groups in total. The fourth-order valence-electron chi connectivity index (χ4n) is 1.62. The lowest BCUT2D eigenvalue weighted by Gasteiger charge is -2.21. The molecule has 0 saturated heterocycles. The number of allylic oxidation sites excluding steroid dienone is 2. The molecule has 0 radical (unpaired) electrons. The van der Waals surface area contributed by atoms with Crippen molar-refractivity contribution in [1.29, 1.82) is 0 Å². The van der Waals surface area contributed by atoms with Crippen LogP contribution in [0.5, 0.6) is 0 Å². The minimum Gasteiger partial charge on any atom is -0.396 e. The third kappa shape index (κ3) is 3.12. The van der Waals surface area contributed by atoms with E-state index in [9.17, 15) is 5.11 Å². The van der Waals surface area contributed by atoms with Crippen molar-refractivity contribution in [3.63, 3.8) is 0 Å². The van der Waals surface area contributed by atoms with Crippen LogP contribution in [0.2, 0.25) is 0 Å². The van der Waals surface area contributed by atoms with Gasteiger partial charge in [0, 0.05) is 12.5 Å². The van der Waals surface area contributed by atoms with Crippen LogP contribution < -0.4 is 0 Å². The first kappa shape index (κ1) is 10.7. The molecule has 0 aromatic carbocycles. The summed E-state index contributed by atoms with van der Waals surface area (Å²) < 4.78 is 0. The van der Waals surface area contributed by atoms with Crippen molar-refractivity contribution in [2.75, 3.05) is 6.61 Å². The molecule has 0 heterocycles. The van der Waals surface area contributed by atoms with E-state index < -0.39 is 0 Å². The second-order valence-corrected chi connectivity index (χ2v) is 4.05. The van der Waals surface area contributed by atoms with E-state index in [0.717, 1.165) is 19.3 Å². The molecular formula is C11H20O2. The smallest absolute Gasteiger partial charge is 0.0593 e. The summed E-state index contributed by atoms with van der Waals surface area (Å²) >= 11 is 0. The summed E-state index contributed by atoms with van der Waals surface area (Å²) in [4.78, 5) is 0. The molecule has 0 amide bonds. The predicted molar refractivity (Wildman–Crippen MR) is 53.4 cm³/mol. The lowest BCUT2D eigenvalue weighted by atomic mass is 9.91. The fraction of sp³-hybridized carbons (Fsp3) is 0.818. The molecule has 0 spiro atoms. The Hall–Kier alpha value is -0.340. The van der Waals surface area contributed by atoms with Crippen molar-refractivity contribution in [2.45, 2.75) is 39.2 Å². The van der Waals surface area contributed by atoms with Crippen molar-refractivity contribution in [3.8, 4) is 0 Å². The molecule has 1 aliphatic carbocycles. The zero-order chi connectivity index (χ0) is 9.84. The van der Waals surface area contributed by atoms with Crippen LogP contribution in [-0.2, 0) is 0 Å². The van der Waals surface area contributed by atoms with E-state index >= 15 is 0 Å². The minimum atomic E-state index is -0.351. The van der Waals surface area contributed by atoms with E-state index in [4.69, 9.17) is 5.11 Å². The first-order chi connectivity index (χ1) is 6.19. The van der Waals surface area contributed by atoms with Gasteiger partial charge in [-0.3, -0.25) is 0 Å². The Morgan fingerprint density at radius 3 is 2.54 bits per heavy atom. The first-order valence-electron chi connectivity index (χ1n) is 5.16. The number of aliphatic hydroxyl groups is 2. The van der Waals surface area contributed by atoms with Crippen molar-refractivity contribution in [3.05, 3.63) is 11.6 Å². The largest absolute Gasteiger partial charge is 0.396 e. The zero-order valence-electron chi connectivity index (χ0n) is 8.53. The molecule has 2 heteroatoms. The van der Waals surface area contributed by atoms with Gasteiger partial charge in [0.05, 0.1) is 6.10 Å². The van der Waals surface area contributed by atoms with Crippen LogP contribution in [-0.4, -0.2) is 22.9 Å². The topological polar surface area (TPSA) is 40.5 Å². The quantitative estimate of drug-likeness (QED) is 0.617. The summed E-state index contributed by atoms with van der Waals surface area (Å²) in [6, 6.07) is 0. The van der Waals surface area contributed by atoms with Gasteiger partial charge in [-0.25, -0.2) is 0 Å². The lowest BCUT2D eigenvalue weighted by molar-refractivity contribution is 0.0610. The van der Waals surface area contributed by atoms with Crippen LogP contribution in [0.15, 0.2) is 11.6 Å². The van der Waals surface area contributed by atoms with Crippen molar-refractivity contribution in [2.24, 2.45) is 11.8 Å². The lowest BCUT2D eigenvalue weighted by Crippen LogP contribution is -2.23. The van der Waals surface area contributed by atoms with Crippen molar-refractivity contribution in [1.82, 2.24) is 0 Å². The minimum absolute atomic E-state index is 0.00778. The van der Waals surface area contributed by atoms with Crippen LogP contribution in [0.3, 0.4) is 0 Å². The van der Waals surface area contributed by atoms with Gasteiger partial charge in [-0.2, -0.15) is 0 Å². The number of hydrogen-bond acceptors (Lipinski definition) is 2. The highest BCUT2D eigenvalue weighted by molar-refractivity contribution is 5.24. The summed E-state index contributed by atoms with van der Waals surface area (Å²) in [6.07, 6.45) is 4.92. The highest BCUT2D eigenvalue weighted by atomic mass is 16.3. The Kier molecular flexibility index (Phi) is 3.94. The molecule has 1 rings (SSSR count). The Balaban J connectivity index is 2.32. The standard InChI is InChI=1S/C11H20O2/c1-3-9(10-4-5-10)6-11(13)8(2)7-12/h4,8-9,11-13H,3,5-7H2,1-2H3/t8-,9?,11?/m1/s1. The summed E-state index contributed by atoms with van der Waals surface area (Å²) in [5.41, 5.74) is 1.49. The molecule has 2 nitrogen and oxygen atoms in total. The maximum atomic E-state index is 9.71. The Labute approximate surface area is 80.3 Å². The summed E-state index contributed by atoms with van der Waals surface area (Å²) in [5.74, 6) is 0.553. The van der Waals surface area contributed by atoms with Gasteiger partial charge in [-0.05, 0) is 25.2 Å². The first-order valence-corrected chi connectivity index (χ1v) is 5.16. The van der Waals surface area contributed by atoms with E-state index in [2.05, 4.69) is 13.0 Å². The second kappa shape index (κ2) is 4.77. The molecule has 0 bridgehead atoms. The molecule has 0 aromatic rings. The van der Waals surface area contributed by atoms with Gasteiger partial charge in [0.2, 0.25) is 0 Å². The molecule has 2 unspecified atom stereocenters. The van der Waals surface area contributed by atoms with Gasteiger partial charge in [-0.1, -0.05) is 25.5 Å². The molecular weight excluding hydrogens is 164 g/mol. The maximum absolute atomic E-state index is 9.71. The van der Waals surface area contributed by atoms with Crippen LogP contribution in [0.4, 0.5) is 0 Å². The third-order valence-corrected chi connectivity index (χ3v) is 2.93. The van der Waals surface area contributed by atoms with Gasteiger partial charge in [0.15, 0.2) is 0 Å². The fourth-order valence-corrected chi connectivity index (χ4v) is 1.62. The van der Waals surface area contributed by atoms with Gasteiger partial charge >= 0.3 is 0 Å². The summed E-state index contributed by atoms with van der Waals surface area (Å²) in [6.45, 7) is 4.12. The number of rotatable bonds is 6. The van der Waals surface area contributed by atoms with Crippen molar-refractivity contribution < 1.29 is 10.2 Å².